The van der Waals surface area contributed by atoms with E-state index in [-0.39, 0.29) is 0 Å². The first-order valence-corrected chi connectivity index (χ1v) is 12.5. The first-order chi connectivity index (χ1) is 17.0. The van der Waals surface area contributed by atoms with E-state index >= 15 is 0 Å². The van der Waals surface area contributed by atoms with Crippen molar-refractivity contribution < 1.29 is 5.11 Å². The molecule has 0 fully saturated rings. The van der Waals surface area contributed by atoms with Gasteiger partial charge >= 0.3 is 0 Å². The van der Waals surface area contributed by atoms with Gasteiger partial charge in [0.15, 0.2) is 11.4 Å². The van der Waals surface area contributed by atoms with E-state index in [1.54, 1.807) is 11.3 Å². The molecule has 1 unspecified atom stereocenters. The fourth-order valence-electron chi connectivity index (χ4n) is 4.45. The number of rotatable bonds is 7. The van der Waals surface area contributed by atoms with E-state index in [0.717, 1.165) is 52.3 Å². The maximum Gasteiger partial charge on any atom is 0.185 e. The molecule has 4 aromatic rings. The van der Waals surface area contributed by atoms with E-state index in [9.17, 15) is 5.11 Å². The lowest BCUT2D eigenvalue weighted by Crippen LogP contribution is -2.32. The minimum absolute atomic E-state index is 0.553. The molecule has 5 rings (SSSR count). The van der Waals surface area contributed by atoms with Crippen LogP contribution in [0, 0.1) is 11.3 Å². The number of nitriles is 1. The zero-order chi connectivity index (χ0) is 24.4. The topological polar surface area (TPSA) is 90.0 Å². The number of aryl methyl sites for hydroxylation is 1. The van der Waals surface area contributed by atoms with Gasteiger partial charge in [0.05, 0.1) is 30.1 Å². The summed E-state index contributed by atoms with van der Waals surface area (Å²) >= 11 is 1.65. The number of aliphatic hydroxyl groups is 1. The number of benzene rings is 2. The highest BCUT2D eigenvalue weighted by molar-refractivity contribution is 7.15. The van der Waals surface area contributed by atoms with Crippen molar-refractivity contribution in [3.8, 4) is 17.2 Å². The molecule has 0 bridgehead atoms. The van der Waals surface area contributed by atoms with E-state index in [1.807, 2.05) is 65.6 Å². The summed E-state index contributed by atoms with van der Waals surface area (Å²) in [7, 11) is 4.26. The van der Waals surface area contributed by atoms with Crippen molar-refractivity contribution in [1.82, 2.24) is 19.7 Å². The van der Waals surface area contributed by atoms with Crippen molar-refractivity contribution in [2.75, 3.05) is 19.4 Å². The summed E-state index contributed by atoms with van der Waals surface area (Å²) < 4.78 is 1.88. The Hall–Kier alpha value is -3.51. The number of thiazole rings is 1. The van der Waals surface area contributed by atoms with Crippen molar-refractivity contribution in [3.05, 3.63) is 88.2 Å². The lowest BCUT2D eigenvalue weighted by molar-refractivity contribution is 0.208. The predicted molar refractivity (Wildman–Crippen MR) is 138 cm³/mol. The second-order valence-electron chi connectivity index (χ2n) is 9.16. The number of nitrogens with zero attached hydrogens (tertiary/aromatic N) is 5. The zero-order valence-electron chi connectivity index (χ0n) is 19.8. The first-order valence-electron chi connectivity index (χ1n) is 11.7. The quantitative estimate of drug-likeness (QED) is 0.377. The van der Waals surface area contributed by atoms with E-state index < -0.39 is 6.23 Å². The van der Waals surface area contributed by atoms with Crippen LogP contribution in [0.15, 0.2) is 60.9 Å². The second kappa shape index (κ2) is 10.0. The van der Waals surface area contributed by atoms with Crippen LogP contribution >= 0.6 is 11.3 Å². The highest BCUT2D eigenvalue weighted by Gasteiger charge is 2.24. The molecule has 0 amide bonds. The fourth-order valence-corrected chi connectivity index (χ4v) is 5.55. The Morgan fingerprint density at radius 2 is 2.06 bits per heavy atom. The van der Waals surface area contributed by atoms with Crippen LogP contribution in [0.3, 0.4) is 0 Å². The van der Waals surface area contributed by atoms with Crippen molar-refractivity contribution >= 4 is 16.5 Å². The van der Waals surface area contributed by atoms with Crippen LogP contribution in [-0.4, -0.2) is 44.9 Å². The summed E-state index contributed by atoms with van der Waals surface area (Å²) in [6, 6.07) is 18.1. The van der Waals surface area contributed by atoms with Gasteiger partial charge in [-0.15, -0.1) is 11.3 Å². The molecular formula is C27H28N6OS. The van der Waals surface area contributed by atoms with E-state index in [2.05, 4.69) is 35.5 Å². The van der Waals surface area contributed by atoms with Gasteiger partial charge in [-0.25, -0.2) is 4.98 Å². The van der Waals surface area contributed by atoms with Crippen molar-refractivity contribution in [1.29, 1.82) is 5.26 Å². The number of likely N-dealkylation sites (N-methyl/N-ethyl adjacent to an activating group) is 1. The number of nitrogens with one attached hydrogen (secondary N) is 1. The van der Waals surface area contributed by atoms with Gasteiger partial charge in [-0.2, -0.15) is 10.4 Å². The van der Waals surface area contributed by atoms with Gasteiger partial charge in [0, 0.05) is 28.2 Å². The number of hydrogen-bond donors (Lipinski definition) is 2. The largest absolute Gasteiger partial charge is 0.369 e. The summed E-state index contributed by atoms with van der Waals surface area (Å²) in [5.74, 6) is 0. The summed E-state index contributed by atoms with van der Waals surface area (Å²) in [6.07, 6.45) is 6.10. The Labute approximate surface area is 209 Å². The normalized spacial score (nSPS) is 16.0. The van der Waals surface area contributed by atoms with E-state index in [1.165, 1.54) is 4.88 Å². The first kappa shape index (κ1) is 23.2. The molecule has 0 spiro atoms. The molecule has 35 heavy (non-hydrogen) atoms. The molecule has 2 N–H and O–H groups in total. The zero-order valence-corrected chi connectivity index (χ0v) is 20.7. The van der Waals surface area contributed by atoms with Gasteiger partial charge in [-0.05, 0) is 62.7 Å². The summed E-state index contributed by atoms with van der Waals surface area (Å²) in [6.45, 7) is 0.592. The van der Waals surface area contributed by atoms with Crippen molar-refractivity contribution in [3.63, 3.8) is 0 Å². The Morgan fingerprint density at radius 3 is 2.83 bits per heavy atom. The molecule has 2 atom stereocenters. The molecule has 2 aromatic heterocycles. The minimum atomic E-state index is -0.834. The maximum absolute atomic E-state index is 10.9. The molecule has 1 aliphatic carbocycles. The maximum atomic E-state index is 10.9. The molecule has 8 heteroatoms. The Balaban J connectivity index is 1.25. The van der Waals surface area contributed by atoms with Crippen LogP contribution in [-0.2, 0) is 19.4 Å². The molecule has 2 aromatic carbocycles. The van der Waals surface area contributed by atoms with Crippen LogP contribution in [0.5, 0.6) is 0 Å². The standard InChI is InChI=1S/C27H28N6OS/c1-32(2)23-10-11-24-25(13-23)35-27(30-24)31-26(34)21-5-3-4-19(12-21)16-33-17-22(15-29-33)20-8-6-18(14-28)7-9-20/h3-9,12,15,17,23,26,34H,10-11,13,16H2,1-2H3,(H,30,31)/t23-,26?/m0/s1. The van der Waals surface area contributed by atoms with Gasteiger partial charge in [-0.1, -0.05) is 30.3 Å². The Kier molecular flexibility index (Phi) is 6.64. The molecule has 1 aliphatic rings. The van der Waals surface area contributed by atoms with Crippen LogP contribution < -0.4 is 5.32 Å². The Bertz CT molecular complexity index is 1350. The van der Waals surface area contributed by atoms with Gasteiger partial charge in [0.2, 0.25) is 0 Å². The monoisotopic (exact) mass is 484 g/mol. The minimum Gasteiger partial charge on any atom is -0.369 e. The summed E-state index contributed by atoms with van der Waals surface area (Å²) in [5.41, 5.74) is 5.66. The summed E-state index contributed by atoms with van der Waals surface area (Å²) in [4.78, 5) is 8.34. The molecule has 0 aliphatic heterocycles. The lowest BCUT2D eigenvalue weighted by atomic mass is 9.97. The smallest absolute Gasteiger partial charge is 0.185 e. The SMILES string of the molecule is CN(C)[C@H]1CCc2nc(NC(O)c3cccc(Cn4cc(-c5ccc(C#N)cc5)cn4)c3)sc2C1. The average molecular weight is 485 g/mol. The van der Waals surface area contributed by atoms with Crippen LogP contribution in [0.25, 0.3) is 11.1 Å². The van der Waals surface area contributed by atoms with Crippen molar-refractivity contribution in [2.24, 2.45) is 0 Å². The van der Waals surface area contributed by atoms with Crippen molar-refractivity contribution in [2.45, 2.75) is 38.1 Å². The molecule has 0 saturated carbocycles. The van der Waals surface area contributed by atoms with Crippen LogP contribution in [0.4, 0.5) is 5.13 Å². The number of fused-ring (bicyclic) bond motifs is 1. The van der Waals surface area contributed by atoms with Crippen LogP contribution in [0.2, 0.25) is 0 Å². The third kappa shape index (κ3) is 5.28. The van der Waals surface area contributed by atoms with Gasteiger partial charge in [0.25, 0.3) is 0 Å². The highest BCUT2D eigenvalue weighted by atomic mass is 32.1. The number of hydrogen-bond acceptors (Lipinski definition) is 7. The van der Waals surface area contributed by atoms with E-state index in [4.69, 9.17) is 10.2 Å². The number of anilines is 1. The van der Waals surface area contributed by atoms with E-state index in [0.29, 0.717) is 18.2 Å². The second-order valence-corrected chi connectivity index (χ2v) is 10.2. The highest BCUT2D eigenvalue weighted by Crippen LogP contribution is 2.32. The van der Waals surface area contributed by atoms with Crippen LogP contribution in [0.1, 0.15) is 39.9 Å². The molecular weight excluding hydrogens is 456 g/mol. The summed E-state index contributed by atoms with van der Waals surface area (Å²) in [5, 5.41) is 28.3. The lowest BCUT2D eigenvalue weighted by Gasteiger charge is -2.27. The third-order valence-corrected chi connectivity index (χ3v) is 7.55. The number of aliphatic hydroxyl groups excluding tert-OH is 1. The van der Waals surface area contributed by atoms with Gasteiger partial charge < -0.3 is 15.3 Å². The third-order valence-electron chi connectivity index (χ3n) is 6.50. The van der Waals surface area contributed by atoms with Gasteiger partial charge in [0.1, 0.15) is 0 Å². The predicted octanol–water partition coefficient (Wildman–Crippen LogP) is 4.45. The molecule has 178 valence electrons. The molecule has 7 nitrogen and oxygen atoms in total. The van der Waals surface area contributed by atoms with Gasteiger partial charge in [-0.3, -0.25) is 4.68 Å². The fraction of sp³-hybridized carbons (Fsp3) is 0.296. The molecule has 0 saturated heterocycles. The Morgan fingerprint density at radius 1 is 1.23 bits per heavy atom. The molecule has 0 radical (unpaired) electrons. The average Bonchev–Trinajstić information content (AvgIpc) is 3.50. The molecule has 2 heterocycles. The number of aromatic nitrogens is 3.